The average Bonchev–Trinajstić information content (AvgIpc) is 3.24. The van der Waals surface area contributed by atoms with E-state index in [9.17, 15) is 9.90 Å². The molecular weight excluding hydrogens is 432 g/mol. The first kappa shape index (κ1) is 23.3. The molecule has 7 heteroatoms. The van der Waals surface area contributed by atoms with Crippen molar-refractivity contribution in [1.82, 2.24) is 9.88 Å². The summed E-state index contributed by atoms with van der Waals surface area (Å²) in [7, 11) is 0. The fourth-order valence-electron chi connectivity index (χ4n) is 3.24. The number of hydrogen-bond acceptors (Lipinski definition) is 5. The molecule has 31 heavy (non-hydrogen) atoms. The predicted octanol–water partition coefficient (Wildman–Crippen LogP) is 5.62. The molecule has 1 heterocycles. The fraction of sp³-hybridized carbons (Fsp3) is 0.333. The van der Waals surface area contributed by atoms with Crippen LogP contribution in [0.15, 0.2) is 47.8 Å². The molecule has 2 aromatic carbocycles. The number of nitrogens with zero attached hydrogens (tertiary/aromatic N) is 2. The fourth-order valence-corrected chi connectivity index (χ4v) is 4.13. The zero-order valence-corrected chi connectivity index (χ0v) is 19.5. The maximum Gasteiger partial charge on any atom is 0.254 e. The maximum atomic E-state index is 13.4. The van der Waals surface area contributed by atoms with Gasteiger partial charge in [-0.3, -0.25) is 4.79 Å². The first-order chi connectivity index (χ1) is 14.9. The molecule has 0 aliphatic carbocycles. The van der Waals surface area contributed by atoms with E-state index in [1.165, 1.54) is 11.3 Å². The summed E-state index contributed by atoms with van der Waals surface area (Å²) in [5, 5.41) is 12.4. The Hall–Kier alpha value is -2.41. The van der Waals surface area contributed by atoms with E-state index in [2.05, 4.69) is 11.9 Å². The summed E-state index contributed by atoms with van der Waals surface area (Å²) in [6.45, 7) is 6.65. The molecule has 1 amide bonds. The van der Waals surface area contributed by atoms with Crippen LogP contribution in [0.5, 0.6) is 5.75 Å². The molecule has 0 bridgehead atoms. The van der Waals surface area contributed by atoms with Crippen LogP contribution in [-0.2, 0) is 19.8 Å². The second-order valence-corrected chi connectivity index (χ2v) is 8.82. The third-order valence-electron chi connectivity index (χ3n) is 5.23. The highest BCUT2D eigenvalue weighted by Gasteiger charge is 2.23. The van der Waals surface area contributed by atoms with Gasteiger partial charge in [0.25, 0.3) is 5.91 Å². The van der Waals surface area contributed by atoms with Crippen LogP contribution in [0.1, 0.15) is 52.5 Å². The summed E-state index contributed by atoms with van der Waals surface area (Å²) in [4.78, 5) is 19.6. The van der Waals surface area contributed by atoms with Gasteiger partial charge in [-0.15, -0.1) is 11.3 Å². The van der Waals surface area contributed by atoms with Gasteiger partial charge < -0.3 is 14.7 Å². The van der Waals surface area contributed by atoms with Gasteiger partial charge >= 0.3 is 0 Å². The Kier molecular flexibility index (Phi) is 8.07. The van der Waals surface area contributed by atoms with Gasteiger partial charge in [0.1, 0.15) is 17.4 Å². The van der Waals surface area contributed by atoms with Gasteiger partial charge in [0, 0.05) is 34.1 Å². The van der Waals surface area contributed by atoms with Crippen molar-refractivity contribution in [2.24, 2.45) is 0 Å². The van der Waals surface area contributed by atoms with Gasteiger partial charge in [0.05, 0.1) is 12.3 Å². The van der Waals surface area contributed by atoms with Crippen LogP contribution in [0.2, 0.25) is 5.02 Å². The molecule has 0 saturated carbocycles. The number of aliphatic hydroxyl groups excluding tert-OH is 1. The number of amides is 1. The molecule has 1 atom stereocenters. The average molecular weight is 459 g/mol. The summed E-state index contributed by atoms with van der Waals surface area (Å²) in [6, 6.07) is 13.1. The molecule has 1 N–H and O–H groups in total. The number of halogens is 1. The molecule has 0 aliphatic heterocycles. The highest BCUT2D eigenvalue weighted by atomic mass is 35.5. The predicted molar refractivity (Wildman–Crippen MR) is 125 cm³/mol. The van der Waals surface area contributed by atoms with Crippen molar-refractivity contribution in [3.8, 4) is 5.75 Å². The van der Waals surface area contributed by atoms with Gasteiger partial charge in [0.15, 0.2) is 0 Å². The Balaban J connectivity index is 1.85. The molecule has 0 fully saturated rings. The SMILES string of the molecule is CC[C@@H](C)N(Cc1cc(Cl)ccc1OCc1nc(CO)cs1)C(=O)c1ccccc1C. The normalized spacial score (nSPS) is 11.9. The number of thiazole rings is 1. The van der Waals surface area contributed by atoms with Crippen molar-refractivity contribution in [3.63, 3.8) is 0 Å². The van der Waals surface area contributed by atoms with E-state index in [0.29, 0.717) is 28.6 Å². The lowest BCUT2D eigenvalue weighted by atomic mass is 10.0. The van der Waals surface area contributed by atoms with Crippen molar-refractivity contribution in [2.45, 2.75) is 53.0 Å². The number of hydrogen-bond donors (Lipinski definition) is 1. The number of benzene rings is 2. The summed E-state index contributed by atoms with van der Waals surface area (Å²) >= 11 is 7.72. The van der Waals surface area contributed by atoms with Crippen molar-refractivity contribution >= 4 is 28.8 Å². The van der Waals surface area contributed by atoms with E-state index in [-0.39, 0.29) is 25.2 Å². The van der Waals surface area contributed by atoms with E-state index in [0.717, 1.165) is 22.6 Å². The number of carbonyl (C=O) groups excluding carboxylic acids is 1. The Morgan fingerprint density at radius 2 is 2.06 bits per heavy atom. The van der Waals surface area contributed by atoms with Crippen LogP contribution in [-0.4, -0.2) is 26.9 Å². The minimum atomic E-state index is -0.0897. The molecule has 0 spiro atoms. The van der Waals surface area contributed by atoms with Crippen LogP contribution in [0.25, 0.3) is 0 Å². The third kappa shape index (κ3) is 5.85. The van der Waals surface area contributed by atoms with E-state index in [4.69, 9.17) is 16.3 Å². The number of rotatable bonds is 9. The van der Waals surface area contributed by atoms with Crippen LogP contribution in [0.4, 0.5) is 0 Å². The smallest absolute Gasteiger partial charge is 0.254 e. The minimum absolute atomic E-state index is 0.00844. The molecule has 0 unspecified atom stereocenters. The van der Waals surface area contributed by atoms with Crippen molar-refractivity contribution in [1.29, 1.82) is 0 Å². The van der Waals surface area contributed by atoms with Gasteiger partial charge in [-0.2, -0.15) is 0 Å². The van der Waals surface area contributed by atoms with Gasteiger partial charge in [-0.05, 0) is 50.1 Å². The standard InChI is InChI=1S/C24H27ClN2O3S/c1-4-17(3)27(24(29)21-8-6-5-7-16(21)2)12-18-11-19(25)9-10-22(18)30-14-23-26-20(13-28)15-31-23/h5-11,15,17,28H,4,12-14H2,1-3H3/t17-/m1/s1. The molecule has 5 nitrogen and oxygen atoms in total. The van der Waals surface area contributed by atoms with Crippen molar-refractivity contribution in [2.75, 3.05) is 0 Å². The highest BCUT2D eigenvalue weighted by molar-refractivity contribution is 7.09. The minimum Gasteiger partial charge on any atom is -0.486 e. The lowest BCUT2D eigenvalue weighted by Gasteiger charge is -2.30. The molecule has 1 aromatic heterocycles. The van der Waals surface area contributed by atoms with Crippen LogP contribution in [0.3, 0.4) is 0 Å². The second kappa shape index (κ2) is 10.8. The molecule has 0 aliphatic rings. The van der Waals surface area contributed by atoms with E-state index >= 15 is 0 Å². The maximum absolute atomic E-state index is 13.4. The zero-order chi connectivity index (χ0) is 22.4. The monoisotopic (exact) mass is 458 g/mol. The topological polar surface area (TPSA) is 62.7 Å². The van der Waals surface area contributed by atoms with Crippen LogP contribution < -0.4 is 4.74 Å². The summed E-state index contributed by atoms with van der Waals surface area (Å²) in [5.74, 6) is 0.655. The summed E-state index contributed by atoms with van der Waals surface area (Å²) < 4.78 is 6.03. The third-order valence-corrected chi connectivity index (χ3v) is 6.34. The summed E-state index contributed by atoms with van der Waals surface area (Å²) in [5.41, 5.74) is 3.12. The Labute approximate surface area is 192 Å². The molecule has 164 valence electrons. The quantitative estimate of drug-likeness (QED) is 0.452. The summed E-state index contributed by atoms with van der Waals surface area (Å²) in [6.07, 6.45) is 0.831. The number of aliphatic hydroxyl groups is 1. The zero-order valence-electron chi connectivity index (χ0n) is 18.0. The largest absolute Gasteiger partial charge is 0.486 e. The molecule has 0 radical (unpaired) electrons. The number of carbonyl (C=O) groups is 1. The van der Waals surface area contributed by atoms with Crippen molar-refractivity contribution in [3.05, 3.63) is 80.3 Å². The van der Waals surface area contributed by atoms with Crippen molar-refractivity contribution < 1.29 is 14.6 Å². The number of ether oxygens (including phenoxy) is 1. The van der Waals surface area contributed by atoms with Crippen LogP contribution in [0, 0.1) is 6.92 Å². The second-order valence-electron chi connectivity index (χ2n) is 7.44. The Morgan fingerprint density at radius 3 is 2.74 bits per heavy atom. The first-order valence-corrected chi connectivity index (χ1v) is 11.5. The molecule has 3 rings (SSSR count). The Morgan fingerprint density at radius 1 is 1.29 bits per heavy atom. The first-order valence-electron chi connectivity index (χ1n) is 10.2. The number of aromatic nitrogens is 1. The lowest BCUT2D eigenvalue weighted by Crippen LogP contribution is -2.38. The van der Waals surface area contributed by atoms with E-state index in [1.54, 1.807) is 6.07 Å². The molecule has 0 saturated heterocycles. The van der Waals surface area contributed by atoms with Gasteiger partial charge in [-0.1, -0.05) is 36.7 Å². The Bertz CT molecular complexity index is 1040. The van der Waals surface area contributed by atoms with Crippen LogP contribution >= 0.6 is 22.9 Å². The molecule has 3 aromatic rings. The van der Waals surface area contributed by atoms with E-state index in [1.807, 2.05) is 60.5 Å². The van der Waals surface area contributed by atoms with Gasteiger partial charge in [0.2, 0.25) is 0 Å². The van der Waals surface area contributed by atoms with Gasteiger partial charge in [-0.25, -0.2) is 4.98 Å². The molecular formula is C24H27ClN2O3S. The van der Waals surface area contributed by atoms with E-state index < -0.39 is 0 Å². The lowest BCUT2D eigenvalue weighted by molar-refractivity contribution is 0.0668. The highest BCUT2D eigenvalue weighted by Crippen LogP contribution is 2.28. The number of aryl methyl sites for hydroxylation is 1.